The fraction of sp³-hybridized carbons (Fsp3) is 0.176. The Morgan fingerprint density at radius 3 is 2.19 bits per heavy atom. The van der Waals surface area contributed by atoms with Gasteiger partial charge in [-0.25, -0.2) is 0 Å². The van der Waals surface area contributed by atoms with E-state index in [2.05, 4.69) is 5.32 Å². The van der Waals surface area contributed by atoms with Crippen molar-refractivity contribution in [3.05, 3.63) is 60.2 Å². The number of carbonyl (C=O) groups excluding carboxylic acids is 2. The zero-order chi connectivity index (χ0) is 15.1. The van der Waals surface area contributed by atoms with Gasteiger partial charge in [0.25, 0.3) is 0 Å². The van der Waals surface area contributed by atoms with Crippen molar-refractivity contribution in [3.8, 4) is 0 Å². The van der Waals surface area contributed by atoms with E-state index in [-0.39, 0.29) is 18.2 Å². The van der Waals surface area contributed by atoms with Gasteiger partial charge in [-0.05, 0) is 24.3 Å². The number of Topliss-reactive ketones (excluding diaryl/α,β-unsaturated/α-hetero) is 1. The van der Waals surface area contributed by atoms with E-state index < -0.39 is 0 Å². The minimum Gasteiger partial charge on any atom is -0.349 e. The van der Waals surface area contributed by atoms with Gasteiger partial charge in [-0.3, -0.25) is 9.59 Å². The molecule has 0 unspecified atom stereocenters. The maximum absolute atomic E-state index is 11.9. The lowest BCUT2D eigenvalue weighted by Crippen LogP contribution is -2.28. The summed E-state index contributed by atoms with van der Waals surface area (Å²) < 4.78 is 0. The van der Waals surface area contributed by atoms with Crippen LogP contribution < -0.4 is 5.32 Å². The number of nitrogens with one attached hydrogen (secondary N) is 1. The summed E-state index contributed by atoms with van der Waals surface area (Å²) >= 11 is 1.65. The lowest BCUT2D eigenvalue weighted by molar-refractivity contribution is -0.120. The highest BCUT2D eigenvalue weighted by Gasteiger charge is 2.07. The first-order chi connectivity index (χ1) is 10.2. The normalized spacial score (nSPS) is 10.1. The molecule has 0 fully saturated rings. The Kier molecular flexibility index (Phi) is 5.58. The molecule has 3 nitrogen and oxygen atoms in total. The summed E-state index contributed by atoms with van der Waals surface area (Å²) in [7, 11) is 0. The highest BCUT2D eigenvalue weighted by atomic mass is 32.2. The van der Waals surface area contributed by atoms with Gasteiger partial charge in [-0.2, -0.15) is 0 Å². The molecule has 0 saturated carbocycles. The third-order valence-electron chi connectivity index (χ3n) is 2.92. The van der Waals surface area contributed by atoms with Gasteiger partial charge in [0.2, 0.25) is 5.91 Å². The van der Waals surface area contributed by atoms with Gasteiger partial charge in [-0.1, -0.05) is 49.0 Å². The molecule has 1 amide bonds. The molecule has 0 bridgehead atoms. The molecule has 0 radical (unpaired) electrons. The van der Waals surface area contributed by atoms with E-state index in [1.54, 1.807) is 30.8 Å². The third kappa shape index (κ3) is 4.76. The highest BCUT2D eigenvalue weighted by molar-refractivity contribution is 7.99. The second kappa shape index (κ2) is 7.64. The van der Waals surface area contributed by atoms with Crippen LogP contribution in [0.2, 0.25) is 0 Å². The molecule has 2 aromatic rings. The average Bonchev–Trinajstić information content (AvgIpc) is 2.54. The SMILES string of the molecule is CCC(=O)NCC(=O)c1ccc(Sc2ccccc2)cc1. The summed E-state index contributed by atoms with van der Waals surface area (Å²) in [5.41, 5.74) is 0.615. The van der Waals surface area contributed by atoms with Crippen LogP contribution in [0.3, 0.4) is 0 Å². The molecule has 108 valence electrons. The minimum atomic E-state index is -0.111. The van der Waals surface area contributed by atoms with Crippen molar-refractivity contribution in [3.63, 3.8) is 0 Å². The summed E-state index contributed by atoms with van der Waals surface area (Å²) in [6.07, 6.45) is 0.389. The van der Waals surface area contributed by atoms with Crippen LogP contribution in [0.5, 0.6) is 0 Å². The van der Waals surface area contributed by atoms with Gasteiger partial charge in [0.1, 0.15) is 0 Å². The van der Waals surface area contributed by atoms with Gasteiger partial charge in [-0.15, -0.1) is 0 Å². The zero-order valence-electron chi connectivity index (χ0n) is 11.8. The summed E-state index contributed by atoms with van der Waals surface area (Å²) in [5.74, 6) is -0.187. The van der Waals surface area contributed by atoms with Gasteiger partial charge in [0, 0.05) is 21.8 Å². The van der Waals surface area contributed by atoms with Gasteiger partial charge in [0.05, 0.1) is 6.54 Å². The van der Waals surface area contributed by atoms with Crippen LogP contribution in [0.1, 0.15) is 23.7 Å². The van der Waals surface area contributed by atoms with E-state index in [9.17, 15) is 9.59 Å². The standard InChI is InChI=1S/C17H17NO2S/c1-2-17(20)18-12-16(19)13-8-10-15(11-9-13)21-14-6-4-3-5-7-14/h3-11H,2,12H2,1H3,(H,18,20). The Bertz CT molecular complexity index is 608. The average molecular weight is 299 g/mol. The number of carbonyl (C=O) groups is 2. The first kappa shape index (κ1) is 15.3. The molecule has 0 saturated heterocycles. The van der Waals surface area contributed by atoms with Crippen LogP contribution in [0, 0.1) is 0 Å². The van der Waals surface area contributed by atoms with Crippen LogP contribution >= 0.6 is 11.8 Å². The Balaban J connectivity index is 1.95. The second-order valence-electron chi connectivity index (χ2n) is 4.49. The Morgan fingerprint density at radius 1 is 0.952 bits per heavy atom. The largest absolute Gasteiger partial charge is 0.349 e. The molecule has 0 spiro atoms. The first-order valence-electron chi connectivity index (χ1n) is 6.82. The molecule has 0 aliphatic carbocycles. The maximum Gasteiger partial charge on any atom is 0.220 e. The van der Waals surface area contributed by atoms with E-state index >= 15 is 0 Å². The van der Waals surface area contributed by atoms with Gasteiger partial charge >= 0.3 is 0 Å². The van der Waals surface area contributed by atoms with Crippen molar-refractivity contribution in [2.75, 3.05) is 6.54 Å². The maximum atomic E-state index is 11.9. The topological polar surface area (TPSA) is 46.2 Å². The quantitative estimate of drug-likeness (QED) is 0.830. The fourth-order valence-corrected chi connectivity index (χ4v) is 2.58. The number of hydrogen-bond donors (Lipinski definition) is 1. The molecule has 0 aromatic heterocycles. The molecule has 0 heterocycles. The molecule has 0 aliphatic heterocycles. The van der Waals surface area contributed by atoms with Crippen LogP contribution in [0.4, 0.5) is 0 Å². The van der Waals surface area contributed by atoms with E-state index in [1.807, 2.05) is 42.5 Å². The second-order valence-corrected chi connectivity index (χ2v) is 5.64. The van der Waals surface area contributed by atoms with Crippen LogP contribution in [-0.2, 0) is 4.79 Å². The summed E-state index contributed by atoms with van der Waals surface area (Å²) in [4.78, 5) is 25.3. The van der Waals surface area contributed by atoms with E-state index in [0.717, 1.165) is 9.79 Å². The number of hydrogen-bond acceptors (Lipinski definition) is 3. The van der Waals surface area contributed by atoms with E-state index in [0.29, 0.717) is 12.0 Å². The minimum absolute atomic E-state index is 0.0534. The summed E-state index contributed by atoms with van der Waals surface area (Å²) in [5, 5.41) is 2.59. The van der Waals surface area contributed by atoms with Crippen molar-refractivity contribution < 1.29 is 9.59 Å². The Hall–Kier alpha value is -2.07. The van der Waals surface area contributed by atoms with Crippen molar-refractivity contribution >= 4 is 23.5 Å². The predicted octanol–water partition coefficient (Wildman–Crippen LogP) is 3.55. The molecule has 0 atom stereocenters. The fourth-order valence-electron chi connectivity index (χ4n) is 1.74. The molecule has 2 aromatic carbocycles. The lowest BCUT2D eigenvalue weighted by atomic mass is 10.1. The molecule has 4 heteroatoms. The van der Waals surface area contributed by atoms with Crippen molar-refractivity contribution in [1.29, 1.82) is 0 Å². The summed E-state index contributed by atoms with van der Waals surface area (Å²) in [6, 6.07) is 17.5. The van der Waals surface area contributed by atoms with E-state index in [1.165, 1.54) is 0 Å². The van der Waals surface area contributed by atoms with Crippen LogP contribution in [-0.4, -0.2) is 18.2 Å². The highest BCUT2D eigenvalue weighted by Crippen LogP contribution is 2.27. The number of rotatable bonds is 6. The number of ketones is 1. The number of amides is 1. The summed E-state index contributed by atoms with van der Waals surface area (Å²) in [6.45, 7) is 1.81. The number of benzene rings is 2. The zero-order valence-corrected chi connectivity index (χ0v) is 12.7. The van der Waals surface area contributed by atoms with Crippen molar-refractivity contribution in [2.24, 2.45) is 0 Å². The predicted molar refractivity (Wildman–Crippen MR) is 84.6 cm³/mol. The molecule has 1 N–H and O–H groups in total. The first-order valence-corrected chi connectivity index (χ1v) is 7.63. The van der Waals surface area contributed by atoms with Gasteiger partial charge in [0.15, 0.2) is 5.78 Å². The van der Waals surface area contributed by atoms with Crippen LogP contribution in [0.15, 0.2) is 64.4 Å². The molecular weight excluding hydrogens is 282 g/mol. The Labute approximate surface area is 128 Å². The van der Waals surface area contributed by atoms with Gasteiger partial charge < -0.3 is 5.32 Å². The van der Waals surface area contributed by atoms with Crippen molar-refractivity contribution in [2.45, 2.75) is 23.1 Å². The monoisotopic (exact) mass is 299 g/mol. The van der Waals surface area contributed by atoms with Crippen LogP contribution in [0.25, 0.3) is 0 Å². The smallest absolute Gasteiger partial charge is 0.220 e. The Morgan fingerprint density at radius 2 is 1.57 bits per heavy atom. The molecular formula is C17H17NO2S. The third-order valence-corrected chi connectivity index (χ3v) is 3.94. The lowest BCUT2D eigenvalue weighted by Gasteiger charge is -2.05. The molecule has 0 aliphatic rings. The molecule has 21 heavy (non-hydrogen) atoms. The van der Waals surface area contributed by atoms with Crippen molar-refractivity contribution in [1.82, 2.24) is 5.32 Å². The van der Waals surface area contributed by atoms with E-state index in [4.69, 9.17) is 0 Å². The molecule has 2 rings (SSSR count).